The van der Waals surface area contributed by atoms with Crippen LogP contribution in [0.15, 0.2) is 48.5 Å². The predicted octanol–water partition coefficient (Wildman–Crippen LogP) is 3.28. The largest absolute Gasteiger partial charge is 0.506 e. The number of aliphatic hydroxyl groups is 1. The van der Waals surface area contributed by atoms with Crippen molar-refractivity contribution in [2.75, 3.05) is 5.32 Å². The number of carbonyl (C=O) groups is 1. The van der Waals surface area contributed by atoms with Crippen LogP contribution in [0.1, 0.15) is 18.9 Å². The molecule has 3 N–H and O–H groups in total. The summed E-state index contributed by atoms with van der Waals surface area (Å²) in [6.45, 7) is 1.57. The molecule has 0 aliphatic heterocycles. The highest BCUT2D eigenvalue weighted by atomic mass is 35.5. The van der Waals surface area contributed by atoms with Crippen molar-refractivity contribution in [3.63, 3.8) is 0 Å². The van der Waals surface area contributed by atoms with E-state index in [-0.39, 0.29) is 17.9 Å². The average molecular weight is 306 g/mol. The number of hydrogen-bond donors (Lipinski definition) is 3. The van der Waals surface area contributed by atoms with Gasteiger partial charge in [-0.1, -0.05) is 41.9 Å². The van der Waals surface area contributed by atoms with Crippen LogP contribution in [-0.4, -0.2) is 16.1 Å². The summed E-state index contributed by atoms with van der Waals surface area (Å²) in [6, 6.07) is 13.3. The zero-order valence-electron chi connectivity index (χ0n) is 11.5. The van der Waals surface area contributed by atoms with Gasteiger partial charge in [-0.25, -0.2) is 0 Å². The molecule has 0 aromatic heterocycles. The number of benzene rings is 2. The molecule has 1 atom stereocenters. The van der Waals surface area contributed by atoms with Crippen molar-refractivity contribution in [3.05, 3.63) is 59.1 Å². The first kappa shape index (κ1) is 15.4. The van der Waals surface area contributed by atoms with Crippen molar-refractivity contribution in [2.24, 2.45) is 0 Å². The molecule has 0 saturated carbocycles. The van der Waals surface area contributed by atoms with Crippen molar-refractivity contribution in [1.29, 1.82) is 0 Å². The van der Waals surface area contributed by atoms with E-state index in [1.807, 2.05) is 6.07 Å². The van der Waals surface area contributed by atoms with E-state index in [1.165, 1.54) is 18.2 Å². The third-order valence-electron chi connectivity index (χ3n) is 3.13. The second-order valence-electron chi connectivity index (χ2n) is 5.03. The van der Waals surface area contributed by atoms with Crippen molar-refractivity contribution in [1.82, 2.24) is 0 Å². The summed E-state index contributed by atoms with van der Waals surface area (Å²) >= 11 is 5.82. The molecule has 4 nitrogen and oxygen atoms in total. The molecule has 0 fully saturated rings. The van der Waals surface area contributed by atoms with Gasteiger partial charge in [0.2, 0.25) is 5.91 Å². The van der Waals surface area contributed by atoms with E-state index in [0.717, 1.165) is 0 Å². The van der Waals surface area contributed by atoms with Crippen LogP contribution in [0.2, 0.25) is 5.02 Å². The van der Waals surface area contributed by atoms with Gasteiger partial charge in [0.15, 0.2) is 0 Å². The maximum atomic E-state index is 12.0. The SMILES string of the molecule is CC(O)(CC(=O)Nc1cc(Cl)ccc1O)c1ccccc1. The van der Waals surface area contributed by atoms with Gasteiger partial charge < -0.3 is 15.5 Å². The van der Waals surface area contributed by atoms with E-state index in [9.17, 15) is 15.0 Å². The second-order valence-corrected chi connectivity index (χ2v) is 5.46. The average Bonchev–Trinajstić information content (AvgIpc) is 2.43. The summed E-state index contributed by atoms with van der Waals surface area (Å²) in [7, 11) is 0. The molecule has 0 bridgehead atoms. The Morgan fingerprint density at radius 2 is 1.90 bits per heavy atom. The predicted molar refractivity (Wildman–Crippen MR) is 82.4 cm³/mol. The third kappa shape index (κ3) is 3.97. The van der Waals surface area contributed by atoms with Crippen molar-refractivity contribution in [3.8, 4) is 5.75 Å². The van der Waals surface area contributed by atoms with E-state index in [4.69, 9.17) is 11.6 Å². The van der Waals surface area contributed by atoms with Crippen LogP contribution in [-0.2, 0) is 10.4 Å². The van der Waals surface area contributed by atoms with Gasteiger partial charge >= 0.3 is 0 Å². The fraction of sp³-hybridized carbons (Fsp3) is 0.188. The van der Waals surface area contributed by atoms with Crippen LogP contribution in [0.25, 0.3) is 0 Å². The number of phenolic OH excluding ortho intramolecular Hbond substituents is 1. The Balaban J connectivity index is 2.09. The zero-order valence-corrected chi connectivity index (χ0v) is 12.3. The summed E-state index contributed by atoms with van der Waals surface area (Å²) in [5, 5.41) is 23.0. The number of hydrogen-bond acceptors (Lipinski definition) is 3. The molecule has 0 saturated heterocycles. The molecule has 1 unspecified atom stereocenters. The Morgan fingerprint density at radius 3 is 2.57 bits per heavy atom. The van der Waals surface area contributed by atoms with E-state index in [2.05, 4.69) is 5.32 Å². The Hall–Kier alpha value is -2.04. The molecule has 5 heteroatoms. The Bertz CT molecular complexity index is 641. The normalized spacial score (nSPS) is 13.5. The highest BCUT2D eigenvalue weighted by Crippen LogP contribution is 2.29. The van der Waals surface area contributed by atoms with Crippen molar-refractivity contribution >= 4 is 23.2 Å². The molecular weight excluding hydrogens is 290 g/mol. The third-order valence-corrected chi connectivity index (χ3v) is 3.37. The van der Waals surface area contributed by atoms with Crippen LogP contribution >= 0.6 is 11.6 Å². The van der Waals surface area contributed by atoms with Gasteiger partial charge in [-0.3, -0.25) is 4.79 Å². The number of phenols is 1. The van der Waals surface area contributed by atoms with Gasteiger partial charge in [-0.2, -0.15) is 0 Å². The Kier molecular flexibility index (Phi) is 4.50. The molecule has 2 aromatic carbocycles. The quantitative estimate of drug-likeness (QED) is 0.759. The van der Waals surface area contributed by atoms with Gasteiger partial charge in [0.1, 0.15) is 5.75 Å². The lowest BCUT2D eigenvalue weighted by Gasteiger charge is -2.23. The fourth-order valence-electron chi connectivity index (χ4n) is 2.01. The molecule has 110 valence electrons. The maximum absolute atomic E-state index is 12.0. The molecule has 0 spiro atoms. The Morgan fingerprint density at radius 1 is 1.24 bits per heavy atom. The van der Waals surface area contributed by atoms with Crippen LogP contribution < -0.4 is 5.32 Å². The van der Waals surface area contributed by atoms with Crippen molar-refractivity contribution < 1.29 is 15.0 Å². The topological polar surface area (TPSA) is 69.6 Å². The number of amides is 1. The summed E-state index contributed by atoms with van der Waals surface area (Å²) in [4.78, 5) is 12.0. The molecular formula is C16H16ClNO3. The van der Waals surface area contributed by atoms with E-state index in [1.54, 1.807) is 31.2 Å². The van der Waals surface area contributed by atoms with E-state index >= 15 is 0 Å². The number of carbonyl (C=O) groups excluding carboxylic acids is 1. The molecule has 0 radical (unpaired) electrons. The maximum Gasteiger partial charge on any atom is 0.227 e. The summed E-state index contributed by atoms with van der Waals surface area (Å²) in [6.07, 6.45) is -0.136. The van der Waals surface area contributed by atoms with Crippen LogP contribution in [0.3, 0.4) is 0 Å². The first-order chi connectivity index (χ1) is 9.88. The minimum atomic E-state index is -1.29. The number of nitrogens with one attached hydrogen (secondary N) is 1. The summed E-state index contributed by atoms with van der Waals surface area (Å²) in [5.41, 5.74) is -0.425. The van der Waals surface area contributed by atoms with Crippen LogP contribution in [0, 0.1) is 0 Å². The highest BCUT2D eigenvalue weighted by Gasteiger charge is 2.26. The fourth-order valence-corrected chi connectivity index (χ4v) is 2.19. The van der Waals surface area contributed by atoms with Gasteiger partial charge in [-0.05, 0) is 30.7 Å². The number of halogens is 1. The van der Waals surface area contributed by atoms with Gasteiger partial charge in [0.25, 0.3) is 0 Å². The first-order valence-corrected chi connectivity index (χ1v) is 6.82. The lowest BCUT2D eigenvalue weighted by atomic mass is 9.92. The molecule has 21 heavy (non-hydrogen) atoms. The molecule has 1 amide bonds. The van der Waals surface area contributed by atoms with E-state index in [0.29, 0.717) is 10.6 Å². The van der Waals surface area contributed by atoms with Crippen molar-refractivity contribution in [2.45, 2.75) is 18.9 Å². The monoisotopic (exact) mass is 305 g/mol. The van der Waals surface area contributed by atoms with E-state index < -0.39 is 11.5 Å². The summed E-state index contributed by atoms with van der Waals surface area (Å²) in [5.74, 6) is -0.492. The summed E-state index contributed by atoms with van der Waals surface area (Å²) < 4.78 is 0. The number of aromatic hydroxyl groups is 1. The minimum absolute atomic E-state index is 0.0768. The molecule has 0 heterocycles. The highest BCUT2D eigenvalue weighted by molar-refractivity contribution is 6.31. The molecule has 2 aromatic rings. The molecule has 0 aliphatic carbocycles. The minimum Gasteiger partial charge on any atom is -0.506 e. The van der Waals surface area contributed by atoms with Gasteiger partial charge in [0, 0.05) is 5.02 Å². The lowest BCUT2D eigenvalue weighted by Crippen LogP contribution is -2.28. The smallest absolute Gasteiger partial charge is 0.227 e. The standard InChI is InChI=1S/C16H16ClNO3/c1-16(21,11-5-3-2-4-6-11)10-15(20)18-13-9-12(17)7-8-14(13)19/h2-9,19,21H,10H2,1H3,(H,18,20). The number of anilines is 1. The first-order valence-electron chi connectivity index (χ1n) is 6.45. The number of rotatable bonds is 4. The molecule has 0 aliphatic rings. The van der Waals surface area contributed by atoms with Crippen LogP contribution in [0.5, 0.6) is 5.75 Å². The second kappa shape index (κ2) is 6.16. The zero-order chi connectivity index (χ0) is 15.5. The van der Waals surface area contributed by atoms with Gasteiger partial charge in [-0.15, -0.1) is 0 Å². The molecule has 2 rings (SSSR count). The van der Waals surface area contributed by atoms with Gasteiger partial charge in [0.05, 0.1) is 17.7 Å². The van der Waals surface area contributed by atoms with Crippen LogP contribution in [0.4, 0.5) is 5.69 Å². The Labute approximate surface area is 128 Å². The lowest BCUT2D eigenvalue weighted by molar-refractivity contribution is -0.120.